The molecule has 10 heteroatoms. The molecule has 1 heterocycles. The van der Waals surface area contributed by atoms with E-state index in [0.717, 1.165) is 54.4 Å². The molecular formula is C36H42F2N3O4S+. The first-order valence-electron chi connectivity index (χ1n) is 16.2. The van der Waals surface area contributed by atoms with Crippen LogP contribution in [0.3, 0.4) is 0 Å². The SMILES string of the molecule is Cn1cccc1C(=O)O[C@]1(C(O)SCF)CCC2CC23C2CCC4=CC([NH2+]c5ccc(F)cc5)=C(C=N)C[C@]4(C)C2C(=O)C[C@@]31C. The van der Waals surface area contributed by atoms with Crippen molar-refractivity contribution in [1.82, 2.24) is 4.57 Å². The van der Waals surface area contributed by atoms with Gasteiger partial charge in [0, 0.05) is 60.3 Å². The van der Waals surface area contributed by atoms with Gasteiger partial charge >= 0.3 is 5.97 Å². The lowest BCUT2D eigenvalue weighted by molar-refractivity contribution is -0.513. The number of alkyl halides is 1. The smallest absolute Gasteiger partial charge is 0.355 e. The molecule has 5 aliphatic carbocycles. The van der Waals surface area contributed by atoms with Gasteiger partial charge in [0.1, 0.15) is 40.1 Å². The van der Waals surface area contributed by atoms with Crippen LogP contribution in [0.2, 0.25) is 0 Å². The second-order valence-corrected chi connectivity index (χ2v) is 15.6. The number of hydrogen-bond donors (Lipinski definition) is 3. The fourth-order valence-electron chi connectivity index (χ4n) is 10.6. The molecule has 4 N–H and O–H groups in total. The molecule has 0 aliphatic heterocycles. The standard InChI is InChI=1S/C36H41F2N3O4S/c1-33-16-21(19-39)27(40-25-9-7-24(38)8-10-25)15-22(33)6-11-26-30(33)29(42)18-34(2)35(26)17-23(35)12-13-36(34,32(44)46-20-37)45-31(43)28-5-4-14-41(28)3/h4-5,7-10,14-15,19,23,26,30,32,39-40,44H,6,11-13,16-18,20H2,1-3H3/p+1/t23?,26?,30?,32?,33-,34-,35?,36-/m0/s1. The topological polar surface area (TPSA) is 109 Å². The van der Waals surface area contributed by atoms with Crippen molar-refractivity contribution in [3.05, 3.63) is 77.0 Å². The number of carbonyl (C=O) groups excluding carboxylic acids is 2. The molecule has 5 unspecified atom stereocenters. The second kappa shape index (κ2) is 11.0. The monoisotopic (exact) mass is 650 g/mol. The quantitative estimate of drug-likeness (QED) is 0.141. The van der Waals surface area contributed by atoms with Crippen molar-refractivity contribution in [2.75, 3.05) is 6.01 Å². The van der Waals surface area contributed by atoms with Gasteiger partial charge in [-0.05, 0) is 86.1 Å². The van der Waals surface area contributed by atoms with E-state index in [4.69, 9.17) is 10.1 Å². The maximum Gasteiger partial charge on any atom is 0.355 e. The van der Waals surface area contributed by atoms with Crippen molar-refractivity contribution in [3.8, 4) is 0 Å². The molecule has 4 fully saturated rings. The predicted molar refractivity (Wildman–Crippen MR) is 171 cm³/mol. The molecule has 8 atom stereocenters. The number of allylic oxidation sites excluding steroid dienone is 3. The average molecular weight is 651 g/mol. The lowest BCUT2D eigenvalue weighted by Crippen LogP contribution is -2.76. The van der Waals surface area contributed by atoms with Crippen molar-refractivity contribution < 1.29 is 33.5 Å². The van der Waals surface area contributed by atoms with E-state index in [1.807, 2.05) is 12.2 Å². The summed E-state index contributed by atoms with van der Waals surface area (Å²) in [5, 5.41) is 22.0. The van der Waals surface area contributed by atoms with E-state index in [1.54, 1.807) is 42.1 Å². The van der Waals surface area contributed by atoms with Crippen LogP contribution in [0.5, 0.6) is 0 Å². The number of aryl methyl sites for hydroxylation is 1. The van der Waals surface area contributed by atoms with E-state index >= 15 is 0 Å². The van der Waals surface area contributed by atoms with E-state index < -0.39 is 33.8 Å². The molecule has 1 spiro atoms. The fraction of sp³-hybridized carbons (Fsp3) is 0.528. The Morgan fingerprint density at radius 1 is 1.24 bits per heavy atom. The zero-order valence-electron chi connectivity index (χ0n) is 26.5. The van der Waals surface area contributed by atoms with E-state index in [1.165, 1.54) is 23.9 Å². The largest absolute Gasteiger partial charge is 0.450 e. The van der Waals surface area contributed by atoms with E-state index in [0.29, 0.717) is 24.5 Å². The van der Waals surface area contributed by atoms with Gasteiger partial charge in [0.05, 0.1) is 0 Å². The number of nitrogens with zero attached hydrogens (tertiary/aromatic N) is 1. The first-order valence-corrected chi connectivity index (χ1v) is 17.3. The summed E-state index contributed by atoms with van der Waals surface area (Å²) in [5.41, 5.74) is -0.306. The molecule has 5 aliphatic rings. The number of aliphatic hydroxyl groups excluding tert-OH is 1. The summed E-state index contributed by atoms with van der Waals surface area (Å²) in [6, 6.07) is 8.89. The minimum Gasteiger partial charge on any atom is -0.450 e. The number of rotatable bonds is 8. The number of halogens is 2. The van der Waals surface area contributed by atoms with Crippen molar-refractivity contribution >= 4 is 35.4 Å². The van der Waals surface area contributed by atoms with Gasteiger partial charge in [0.15, 0.2) is 5.60 Å². The molecular weight excluding hydrogens is 608 g/mol. The molecule has 2 aromatic rings. The van der Waals surface area contributed by atoms with Gasteiger partial charge in [-0.2, -0.15) is 0 Å². The number of ether oxygens (including phenoxy) is 1. The third-order valence-corrected chi connectivity index (χ3v) is 13.6. The fourth-order valence-corrected chi connectivity index (χ4v) is 11.4. The van der Waals surface area contributed by atoms with Crippen LogP contribution < -0.4 is 5.32 Å². The molecule has 244 valence electrons. The minimum absolute atomic E-state index is 0.0106. The normalized spacial score (nSPS) is 36.9. The highest BCUT2D eigenvalue weighted by atomic mass is 32.2. The molecule has 0 amide bonds. The van der Waals surface area contributed by atoms with E-state index in [-0.39, 0.29) is 35.3 Å². The number of hydrogen-bond acceptors (Lipinski definition) is 6. The summed E-state index contributed by atoms with van der Waals surface area (Å²) >= 11 is 0.734. The first kappa shape index (κ1) is 31.5. The zero-order chi connectivity index (χ0) is 32.6. The molecule has 7 nitrogen and oxygen atoms in total. The highest BCUT2D eigenvalue weighted by Crippen LogP contribution is 2.83. The van der Waals surface area contributed by atoms with Crippen LogP contribution in [0, 0.1) is 45.2 Å². The molecule has 0 radical (unpaired) electrons. The Balaban J connectivity index is 1.26. The molecule has 46 heavy (non-hydrogen) atoms. The number of thioether (sulfide) groups is 1. The molecule has 4 saturated carbocycles. The maximum atomic E-state index is 14.7. The molecule has 7 rings (SSSR count). The van der Waals surface area contributed by atoms with Gasteiger partial charge in [-0.15, -0.1) is 0 Å². The number of nitrogens with two attached hydrogens (primary N) is 1. The highest BCUT2D eigenvalue weighted by Gasteiger charge is 2.82. The summed E-state index contributed by atoms with van der Waals surface area (Å²) in [6.07, 6.45) is 9.54. The second-order valence-electron chi connectivity index (χ2n) is 14.6. The lowest BCUT2D eigenvalue weighted by Gasteiger charge is -2.65. The Labute approximate surface area is 272 Å². The number of benzene rings is 1. The maximum absolute atomic E-state index is 14.7. The number of esters is 1. The van der Waals surface area contributed by atoms with Gasteiger partial charge in [-0.1, -0.05) is 31.2 Å². The Hall–Kier alpha value is -3.08. The first-order chi connectivity index (χ1) is 21.9. The molecule has 1 aromatic carbocycles. The summed E-state index contributed by atoms with van der Waals surface area (Å²) < 4.78 is 35.5. The van der Waals surface area contributed by atoms with Crippen molar-refractivity contribution in [2.24, 2.45) is 41.0 Å². The summed E-state index contributed by atoms with van der Waals surface area (Å²) in [5.74, 6) is -0.722. The Morgan fingerprint density at radius 2 is 2.00 bits per heavy atom. The minimum atomic E-state index is -1.43. The van der Waals surface area contributed by atoms with E-state index in [2.05, 4.69) is 13.0 Å². The third kappa shape index (κ3) is 4.32. The summed E-state index contributed by atoms with van der Waals surface area (Å²) in [4.78, 5) is 28.4. The van der Waals surface area contributed by atoms with Gasteiger partial charge in [0.25, 0.3) is 0 Å². The van der Waals surface area contributed by atoms with Crippen LogP contribution in [-0.4, -0.2) is 44.7 Å². The molecule has 0 bridgehead atoms. The van der Waals surface area contributed by atoms with Crippen molar-refractivity contribution in [1.29, 1.82) is 5.41 Å². The number of fused-ring (bicyclic) bond motifs is 3. The number of aromatic nitrogens is 1. The molecule has 0 saturated heterocycles. The van der Waals surface area contributed by atoms with Gasteiger partial charge < -0.3 is 19.8 Å². The van der Waals surface area contributed by atoms with Gasteiger partial charge in [0.2, 0.25) is 0 Å². The number of nitrogens with one attached hydrogen (secondary N) is 1. The predicted octanol–water partition coefficient (Wildman–Crippen LogP) is 5.98. The van der Waals surface area contributed by atoms with Gasteiger partial charge in [-0.25, -0.2) is 13.6 Å². The van der Waals surface area contributed by atoms with Crippen LogP contribution in [0.4, 0.5) is 14.5 Å². The van der Waals surface area contributed by atoms with Crippen LogP contribution in [0.1, 0.15) is 69.3 Å². The average Bonchev–Trinajstić information content (AvgIpc) is 3.62. The number of ketones is 1. The van der Waals surface area contributed by atoms with Crippen molar-refractivity contribution in [3.63, 3.8) is 0 Å². The number of quaternary nitrogens is 1. The third-order valence-electron chi connectivity index (χ3n) is 12.7. The highest BCUT2D eigenvalue weighted by molar-refractivity contribution is 7.99. The number of aliphatic hydroxyl groups is 1. The summed E-state index contributed by atoms with van der Waals surface area (Å²) in [6.45, 7) is 4.19. The van der Waals surface area contributed by atoms with Crippen LogP contribution >= 0.6 is 11.8 Å². The van der Waals surface area contributed by atoms with Crippen LogP contribution in [-0.2, 0) is 16.6 Å². The van der Waals surface area contributed by atoms with Crippen LogP contribution in [0.15, 0.2) is 65.5 Å². The van der Waals surface area contributed by atoms with Crippen LogP contribution in [0.25, 0.3) is 0 Å². The molecule has 1 aromatic heterocycles. The Bertz CT molecular complexity index is 1670. The number of carbonyl (C=O) groups is 2. The lowest BCUT2D eigenvalue weighted by atomic mass is 9.40. The Kier molecular flexibility index (Phi) is 7.53. The summed E-state index contributed by atoms with van der Waals surface area (Å²) in [7, 11) is 1.75. The Morgan fingerprint density at radius 3 is 2.67 bits per heavy atom. The number of Topliss-reactive ketones (excluding diaryl/α,β-unsaturated/α-hetero) is 1. The van der Waals surface area contributed by atoms with Crippen molar-refractivity contribution in [2.45, 2.75) is 69.8 Å². The zero-order valence-corrected chi connectivity index (χ0v) is 27.3. The van der Waals surface area contributed by atoms with Gasteiger partial charge in [-0.3, -0.25) is 10.1 Å². The van der Waals surface area contributed by atoms with E-state index in [9.17, 15) is 23.5 Å².